The summed E-state index contributed by atoms with van der Waals surface area (Å²) in [6, 6.07) is 10.0. The van der Waals surface area contributed by atoms with Crippen LogP contribution in [0.15, 0.2) is 34.8 Å². The Hall–Kier alpha value is -1.32. The SMILES string of the molecule is Cc1cc2nc(-c3ccc(Br)cc3Cl)[nH]c2cc1C. The van der Waals surface area contributed by atoms with E-state index in [2.05, 4.69) is 51.9 Å². The standard InChI is InChI=1S/C15H12BrClN2/c1-8-5-13-14(6-9(8)2)19-15(18-13)11-4-3-10(16)7-12(11)17/h3-7H,1-2H3,(H,18,19). The Morgan fingerprint density at radius 1 is 1.11 bits per heavy atom. The Morgan fingerprint density at radius 2 is 1.84 bits per heavy atom. The molecule has 0 saturated carbocycles. The van der Waals surface area contributed by atoms with Crippen molar-refractivity contribution in [3.05, 3.63) is 51.0 Å². The van der Waals surface area contributed by atoms with Crippen molar-refractivity contribution in [3.8, 4) is 11.4 Å². The summed E-state index contributed by atoms with van der Waals surface area (Å²) in [6.45, 7) is 4.19. The monoisotopic (exact) mass is 334 g/mol. The summed E-state index contributed by atoms with van der Waals surface area (Å²) >= 11 is 9.67. The van der Waals surface area contributed by atoms with E-state index in [1.54, 1.807) is 0 Å². The van der Waals surface area contributed by atoms with Gasteiger partial charge in [-0.05, 0) is 55.3 Å². The van der Waals surface area contributed by atoms with E-state index in [0.29, 0.717) is 5.02 Å². The van der Waals surface area contributed by atoms with Crippen molar-refractivity contribution in [2.24, 2.45) is 0 Å². The molecule has 0 fully saturated rings. The van der Waals surface area contributed by atoms with Gasteiger partial charge in [0.25, 0.3) is 0 Å². The van der Waals surface area contributed by atoms with Crippen molar-refractivity contribution >= 4 is 38.6 Å². The first-order valence-corrected chi connectivity index (χ1v) is 7.14. The first-order chi connectivity index (χ1) is 9.04. The highest BCUT2D eigenvalue weighted by Crippen LogP contribution is 2.30. The van der Waals surface area contributed by atoms with Crippen LogP contribution in [0.3, 0.4) is 0 Å². The molecule has 3 rings (SSSR count). The van der Waals surface area contributed by atoms with E-state index in [-0.39, 0.29) is 0 Å². The first-order valence-electron chi connectivity index (χ1n) is 5.97. The first kappa shape index (κ1) is 12.7. The zero-order valence-electron chi connectivity index (χ0n) is 10.6. The van der Waals surface area contributed by atoms with Gasteiger partial charge in [-0.15, -0.1) is 0 Å². The molecule has 96 valence electrons. The summed E-state index contributed by atoms with van der Waals surface area (Å²) < 4.78 is 0.962. The molecule has 4 heteroatoms. The van der Waals surface area contributed by atoms with Crippen LogP contribution in [-0.2, 0) is 0 Å². The maximum atomic E-state index is 6.26. The maximum absolute atomic E-state index is 6.26. The Labute approximate surface area is 124 Å². The third-order valence-corrected chi connectivity index (χ3v) is 4.09. The molecule has 2 aromatic carbocycles. The van der Waals surface area contributed by atoms with E-state index in [9.17, 15) is 0 Å². The van der Waals surface area contributed by atoms with E-state index < -0.39 is 0 Å². The van der Waals surface area contributed by atoms with Crippen molar-refractivity contribution in [1.82, 2.24) is 9.97 Å². The minimum absolute atomic E-state index is 0.682. The molecule has 0 saturated heterocycles. The molecule has 1 heterocycles. The fraction of sp³-hybridized carbons (Fsp3) is 0.133. The van der Waals surface area contributed by atoms with Gasteiger partial charge in [-0.2, -0.15) is 0 Å². The number of nitrogens with one attached hydrogen (secondary N) is 1. The van der Waals surface area contributed by atoms with E-state index in [0.717, 1.165) is 26.9 Å². The van der Waals surface area contributed by atoms with Gasteiger partial charge in [0, 0.05) is 10.0 Å². The fourth-order valence-electron chi connectivity index (χ4n) is 2.08. The van der Waals surface area contributed by atoms with Crippen LogP contribution in [0, 0.1) is 13.8 Å². The quantitative estimate of drug-likeness (QED) is 0.645. The summed E-state index contributed by atoms with van der Waals surface area (Å²) in [5.74, 6) is 0.803. The summed E-state index contributed by atoms with van der Waals surface area (Å²) in [6.07, 6.45) is 0. The van der Waals surface area contributed by atoms with Crippen LogP contribution in [0.25, 0.3) is 22.4 Å². The lowest BCUT2D eigenvalue weighted by molar-refractivity contribution is 1.33. The normalized spacial score (nSPS) is 11.2. The zero-order chi connectivity index (χ0) is 13.6. The number of fused-ring (bicyclic) bond motifs is 1. The lowest BCUT2D eigenvalue weighted by Crippen LogP contribution is -1.81. The number of halogens is 2. The van der Waals surface area contributed by atoms with Crippen molar-refractivity contribution in [2.45, 2.75) is 13.8 Å². The third-order valence-electron chi connectivity index (χ3n) is 3.28. The number of aromatic nitrogens is 2. The molecule has 2 nitrogen and oxygen atoms in total. The molecule has 0 atom stereocenters. The number of hydrogen-bond donors (Lipinski definition) is 1. The van der Waals surface area contributed by atoms with Gasteiger partial charge in [-0.1, -0.05) is 27.5 Å². The molecule has 1 aromatic heterocycles. The van der Waals surface area contributed by atoms with Crippen LogP contribution in [0.1, 0.15) is 11.1 Å². The molecule has 19 heavy (non-hydrogen) atoms. The number of aromatic amines is 1. The number of imidazole rings is 1. The third kappa shape index (κ3) is 2.28. The molecule has 0 amide bonds. The maximum Gasteiger partial charge on any atom is 0.139 e. The van der Waals surface area contributed by atoms with E-state index in [1.807, 2.05) is 18.2 Å². The van der Waals surface area contributed by atoms with Crippen molar-refractivity contribution in [2.75, 3.05) is 0 Å². The van der Waals surface area contributed by atoms with Gasteiger partial charge in [0.1, 0.15) is 5.82 Å². The Morgan fingerprint density at radius 3 is 2.58 bits per heavy atom. The second kappa shape index (κ2) is 4.66. The number of benzene rings is 2. The van der Waals surface area contributed by atoms with Crippen molar-refractivity contribution in [3.63, 3.8) is 0 Å². The summed E-state index contributed by atoms with van der Waals surface area (Å²) in [5, 5.41) is 0.682. The van der Waals surface area contributed by atoms with Crippen LogP contribution >= 0.6 is 27.5 Å². The largest absolute Gasteiger partial charge is 0.338 e. The Kier molecular flexibility index (Phi) is 3.11. The zero-order valence-corrected chi connectivity index (χ0v) is 12.9. The van der Waals surface area contributed by atoms with Gasteiger partial charge in [0.15, 0.2) is 0 Å². The summed E-state index contributed by atoms with van der Waals surface area (Å²) in [5.41, 5.74) is 5.42. The molecular weight excluding hydrogens is 324 g/mol. The molecule has 0 aliphatic carbocycles. The van der Waals surface area contributed by atoms with Gasteiger partial charge in [0.2, 0.25) is 0 Å². The number of hydrogen-bond acceptors (Lipinski definition) is 1. The molecule has 1 N–H and O–H groups in total. The van der Waals surface area contributed by atoms with Crippen LogP contribution in [0.5, 0.6) is 0 Å². The number of rotatable bonds is 1. The summed E-state index contributed by atoms with van der Waals surface area (Å²) in [4.78, 5) is 7.95. The number of H-pyrrole nitrogens is 1. The molecule has 0 aliphatic heterocycles. The Bertz CT molecular complexity index is 738. The second-order valence-corrected chi connectivity index (χ2v) is 5.99. The van der Waals surface area contributed by atoms with E-state index >= 15 is 0 Å². The van der Waals surface area contributed by atoms with Gasteiger partial charge in [-0.25, -0.2) is 4.98 Å². The van der Waals surface area contributed by atoms with E-state index in [4.69, 9.17) is 11.6 Å². The fourth-order valence-corrected chi connectivity index (χ4v) is 2.84. The van der Waals surface area contributed by atoms with Crippen LogP contribution in [-0.4, -0.2) is 9.97 Å². The van der Waals surface area contributed by atoms with Gasteiger partial charge in [0.05, 0.1) is 16.1 Å². The lowest BCUT2D eigenvalue weighted by Gasteiger charge is -2.00. The van der Waals surface area contributed by atoms with Gasteiger partial charge >= 0.3 is 0 Å². The Balaban J connectivity index is 2.20. The molecule has 3 aromatic rings. The smallest absolute Gasteiger partial charge is 0.139 e. The van der Waals surface area contributed by atoms with Crippen LogP contribution in [0.2, 0.25) is 5.02 Å². The van der Waals surface area contributed by atoms with Crippen molar-refractivity contribution < 1.29 is 0 Å². The minimum atomic E-state index is 0.682. The highest BCUT2D eigenvalue weighted by atomic mass is 79.9. The average molecular weight is 336 g/mol. The minimum Gasteiger partial charge on any atom is -0.338 e. The number of nitrogens with zero attached hydrogens (tertiary/aromatic N) is 1. The molecule has 0 bridgehead atoms. The molecule has 0 aliphatic rings. The lowest BCUT2D eigenvalue weighted by atomic mass is 10.1. The predicted molar refractivity (Wildman–Crippen MR) is 83.7 cm³/mol. The molecule has 0 spiro atoms. The second-order valence-electron chi connectivity index (χ2n) is 4.66. The van der Waals surface area contributed by atoms with Gasteiger partial charge < -0.3 is 4.98 Å². The van der Waals surface area contributed by atoms with Crippen molar-refractivity contribution in [1.29, 1.82) is 0 Å². The number of aryl methyl sites for hydroxylation is 2. The highest BCUT2D eigenvalue weighted by Gasteiger charge is 2.10. The predicted octanol–water partition coefficient (Wildman–Crippen LogP) is 5.26. The topological polar surface area (TPSA) is 28.7 Å². The van der Waals surface area contributed by atoms with E-state index in [1.165, 1.54) is 11.1 Å². The molecule has 0 unspecified atom stereocenters. The molecular formula is C15H12BrClN2. The molecule has 0 radical (unpaired) electrons. The van der Waals surface area contributed by atoms with Crippen LogP contribution in [0.4, 0.5) is 0 Å². The highest BCUT2D eigenvalue weighted by molar-refractivity contribution is 9.10. The van der Waals surface area contributed by atoms with Crippen LogP contribution < -0.4 is 0 Å². The average Bonchev–Trinajstić information content (AvgIpc) is 2.72. The van der Waals surface area contributed by atoms with Gasteiger partial charge in [-0.3, -0.25) is 0 Å². The summed E-state index contributed by atoms with van der Waals surface area (Å²) in [7, 11) is 0.